The van der Waals surface area contributed by atoms with E-state index in [1.165, 1.54) is 6.20 Å². The highest BCUT2D eigenvalue weighted by Crippen LogP contribution is 2.25. The summed E-state index contributed by atoms with van der Waals surface area (Å²) < 4.78 is 43.7. The fourth-order valence-electron chi connectivity index (χ4n) is 2.26. The molecule has 0 fully saturated rings. The molecule has 6 nitrogen and oxygen atoms in total. The van der Waals surface area contributed by atoms with Gasteiger partial charge in [0.15, 0.2) is 12.6 Å². The Morgan fingerprint density at radius 1 is 1.32 bits per heavy atom. The van der Waals surface area contributed by atoms with Crippen LogP contribution in [0.3, 0.4) is 0 Å². The first kappa shape index (κ1) is 22.2. The van der Waals surface area contributed by atoms with Crippen LogP contribution in [0, 0.1) is 0 Å². The highest BCUT2D eigenvalue weighted by atomic mass is 35.5. The van der Waals surface area contributed by atoms with Gasteiger partial charge < -0.3 is 19.9 Å². The molecule has 2 rings (SSSR count). The van der Waals surface area contributed by atoms with E-state index in [1.807, 2.05) is 6.92 Å². The van der Waals surface area contributed by atoms with Gasteiger partial charge in [0.05, 0.1) is 18.1 Å². The second-order valence-electron chi connectivity index (χ2n) is 5.75. The lowest BCUT2D eigenvalue weighted by atomic mass is 10.3. The molecule has 2 aromatic rings. The largest absolute Gasteiger partial charge is 0.468 e. The second kappa shape index (κ2) is 9.88. The number of ether oxygens (including phenoxy) is 1. The number of guanidine groups is 1. The Hall–Kier alpha value is -2.13. The third-order valence-corrected chi connectivity index (χ3v) is 4.47. The van der Waals surface area contributed by atoms with Crippen molar-refractivity contribution in [2.45, 2.75) is 26.2 Å². The van der Waals surface area contributed by atoms with Gasteiger partial charge in [-0.25, -0.2) is 9.98 Å². The van der Waals surface area contributed by atoms with Gasteiger partial charge >= 0.3 is 6.18 Å². The molecule has 2 aromatic heterocycles. The van der Waals surface area contributed by atoms with Crippen molar-refractivity contribution in [1.29, 1.82) is 0 Å². The Morgan fingerprint density at radius 2 is 2.07 bits per heavy atom. The maximum atomic E-state index is 12.4. The number of halogens is 5. The number of nitrogens with zero attached hydrogens (tertiary/aromatic N) is 3. The minimum Gasteiger partial charge on any atom is -0.468 e. The Balaban J connectivity index is 2.07. The number of nitrogens with one attached hydrogen (secondary N) is 2. The van der Waals surface area contributed by atoms with Crippen LogP contribution in [0.2, 0.25) is 10.2 Å². The molecular weight excluding hydrogens is 418 g/mol. The molecule has 0 aliphatic rings. The quantitative estimate of drug-likeness (QED) is 0.508. The third kappa shape index (κ3) is 6.49. The molecule has 0 unspecified atom stereocenters. The van der Waals surface area contributed by atoms with Crippen LogP contribution in [0.1, 0.15) is 18.2 Å². The number of hydrogen-bond acceptors (Lipinski definition) is 3. The normalized spacial score (nSPS) is 12.2. The molecule has 154 valence electrons. The summed E-state index contributed by atoms with van der Waals surface area (Å²) in [5.41, 5.74) is 1.28. The van der Waals surface area contributed by atoms with Crippen LogP contribution in [0.5, 0.6) is 5.88 Å². The lowest BCUT2D eigenvalue weighted by molar-refractivity contribution is -0.154. The van der Waals surface area contributed by atoms with E-state index in [1.54, 1.807) is 29.8 Å². The predicted octanol–water partition coefficient (Wildman–Crippen LogP) is 3.92. The summed E-state index contributed by atoms with van der Waals surface area (Å²) in [4.78, 5) is 8.24. The smallest absolute Gasteiger partial charge is 0.422 e. The summed E-state index contributed by atoms with van der Waals surface area (Å²) in [6.45, 7) is 1.58. The Morgan fingerprint density at radius 3 is 2.68 bits per heavy atom. The van der Waals surface area contributed by atoms with Gasteiger partial charge in [-0.05, 0) is 19.1 Å². The summed E-state index contributed by atoms with van der Waals surface area (Å²) in [6, 6.07) is 4.97. The first-order chi connectivity index (χ1) is 13.2. The van der Waals surface area contributed by atoms with Crippen molar-refractivity contribution in [2.75, 3.05) is 13.2 Å². The molecular formula is C17H20Cl2F3N5O. The summed E-state index contributed by atoms with van der Waals surface area (Å²) in [5.74, 6) is 0.377. The fraction of sp³-hybridized carbons (Fsp3) is 0.412. The SMILES string of the molecule is CCNC(=NCc1cccnc1OCC(F)(F)F)NCc1cc(Cl)c(Cl)n1C. The molecule has 0 amide bonds. The van der Waals surface area contributed by atoms with E-state index in [4.69, 9.17) is 27.9 Å². The zero-order valence-corrected chi connectivity index (χ0v) is 16.8. The van der Waals surface area contributed by atoms with Crippen molar-refractivity contribution in [1.82, 2.24) is 20.2 Å². The molecule has 11 heteroatoms. The van der Waals surface area contributed by atoms with Crippen LogP contribution in [0.25, 0.3) is 0 Å². The highest BCUT2D eigenvalue weighted by molar-refractivity contribution is 6.41. The van der Waals surface area contributed by atoms with E-state index in [0.717, 1.165) is 5.69 Å². The topological polar surface area (TPSA) is 63.5 Å². The Labute approximate surface area is 170 Å². The van der Waals surface area contributed by atoms with Gasteiger partial charge in [0.1, 0.15) is 5.15 Å². The monoisotopic (exact) mass is 437 g/mol. The van der Waals surface area contributed by atoms with Crippen molar-refractivity contribution in [2.24, 2.45) is 12.0 Å². The molecule has 0 spiro atoms. The van der Waals surface area contributed by atoms with Crippen molar-refractivity contribution in [3.63, 3.8) is 0 Å². The molecule has 0 saturated heterocycles. The van der Waals surface area contributed by atoms with E-state index < -0.39 is 12.8 Å². The molecule has 0 saturated carbocycles. The summed E-state index contributed by atoms with van der Waals surface area (Å²) >= 11 is 12.1. The van der Waals surface area contributed by atoms with Gasteiger partial charge in [0.2, 0.25) is 5.88 Å². The summed E-state index contributed by atoms with van der Waals surface area (Å²) in [5, 5.41) is 7.07. The zero-order chi connectivity index (χ0) is 20.7. The Kier molecular flexibility index (Phi) is 7.82. The van der Waals surface area contributed by atoms with Crippen LogP contribution in [0.15, 0.2) is 29.4 Å². The zero-order valence-electron chi connectivity index (χ0n) is 15.3. The number of rotatable bonds is 7. The standard InChI is InChI=1S/C17H20Cl2F3N5O/c1-3-23-16(26-9-12-7-13(18)14(19)27(12)2)25-8-11-5-4-6-24-15(11)28-10-17(20,21)22/h4-7H,3,8-10H2,1-2H3,(H2,23,25,26). The second-order valence-corrected chi connectivity index (χ2v) is 6.52. The molecule has 0 radical (unpaired) electrons. The molecule has 2 N–H and O–H groups in total. The number of aliphatic imine (C=N–C) groups is 1. The number of aromatic nitrogens is 2. The van der Waals surface area contributed by atoms with Gasteiger partial charge in [-0.1, -0.05) is 29.3 Å². The van der Waals surface area contributed by atoms with E-state index in [9.17, 15) is 13.2 Å². The van der Waals surface area contributed by atoms with Gasteiger partial charge in [-0.2, -0.15) is 13.2 Å². The van der Waals surface area contributed by atoms with Crippen molar-refractivity contribution in [3.8, 4) is 5.88 Å². The van der Waals surface area contributed by atoms with Crippen molar-refractivity contribution in [3.05, 3.63) is 45.8 Å². The lowest BCUT2D eigenvalue weighted by Crippen LogP contribution is -2.37. The van der Waals surface area contributed by atoms with Crippen LogP contribution in [0.4, 0.5) is 13.2 Å². The van der Waals surface area contributed by atoms with Crippen LogP contribution in [-0.2, 0) is 20.1 Å². The maximum Gasteiger partial charge on any atom is 0.422 e. The van der Waals surface area contributed by atoms with E-state index >= 15 is 0 Å². The van der Waals surface area contributed by atoms with E-state index in [-0.39, 0.29) is 12.4 Å². The van der Waals surface area contributed by atoms with Gasteiger partial charge in [0, 0.05) is 31.0 Å². The highest BCUT2D eigenvalue weighted by Gasteiger charge is 2.29. The average molecular weight is 438 g/mol. The molecule has 0 bridgehead atoms. The number of pyridine rings is 1. The van der Waals surface area contributed by atoms with Crippen molar-refractivity contribution < 1.29 is 17.9 Å². The van der Waals surface area contributed by atoms with Crippen LogP contribution >= 0.6 is 23.2 Å². The number of hydrogen-bond donors (Lipinski definition) is 2. The minimum absolute atomic E-state index is 0.0883. The van der Waals surface area contributed by atoms with Gasteiger partial charge in [0.25, 0.3) is 0 Å². The van der Waals surface area contributed by atoms with Gasteiger partial charge in [-0.15, -0.1) is 0 Å². The maximum absolute atomic E-state index is 12.4. The first-order valence-electron chi connectivity index (χ1n) is 8.36. The molecule has 0 aromatic carbocycles. The summed E-state index contributed by atoms with van der Waals surface area (Å²) in [7, 11) is 1.79. The van der Waals surface area contributed by atoms with Crippen LogP contribution < -0.4 is 15.4 Å². The molecule has 0 aliphatic heterocycles. The molecule has 2 heterocycles. The molecule has 0 atom stereocenters. The molecule has 0 aliphatic carbocycles. The van der Waals surface area contributed by atoms with Crippen LogP contribution in [-0.4, -0.2) is 34.8 Å². The minimum atomic E-state index is -4.44. The average Bonchev–Trinajstić information content (AvgIpc) is 2.89. The number of alkyl halides is 3. The van der Waals surface area contributed by atoms with Crippen molar-refractivity contribution >= 4 is 29.2 Å². The fourth-order valence-corrected chi connectivity index (χ4v) is 2.68. The predicted molar refractivity (Wildman–Crippen MR) is 103 cm³/mol. The summed E-state index contributed by atoms with van der Waals surface area (Å²) in [6.07, 6.45) is -3.07. The third-order valence-electron chi connectivity index (χ3n) is 3.63. The van der Waals surface area contributed by atoms with E-state index in [0.29, 0.717) is 34.8 Å². The Bertz CT molecular complexity index is 824. The van der Waals surface area contributed by atoms with Gasteiger partial charge in [-0.3, -0.25) is 0 Å². The first-order valence-corrected chi connectivity index (χ1v) is 9.12. The van der Waals surface area contributed by atoms with E-state index in [2.05, 4.69) is 20.6 Å². The lowest BCUT2D eigenvalue weighted by Gasteiger charge is -2.13. The molecule has 28 heavy (non-hydrogen) atoms.